The summed E-state index contributed by atoms with van der Waals surface area (Å²) in [6.45, 7) is 0.328. The quantitative estimate of drug-likeness (QED) is 0.395. The second kappa shape index (κ2) is 14.0. The average Bonchev–Trinajstić information content (AvgIpc) is 2.83. The van der Waals surface area contributed by atoms with Crippen molar-refractivity contribution in [3.63, 3.8) is 0 Å². The van der Waals surface area contributed by atoms with Gasteiger partial charge in [-0.1, -0.05) is 18.2 Å². The van der Waals surface area contributed by atoms with E-state index in [9.17, 15) is 14.4 Å². The molecule has 0 heterocycles. The van der Waals surface area contributed by atoms with E-state index in [0.29, 0.717) is 29.2 Å². The third-order valence-electron chi connectivity index (χ3n) is 4.44. The molecule has 0 aliphatic rings. The summed E-state index contributed by atoms with van der Waals surface area (Å²) < 4.78 is 10.5. The molecular weight excluding hydrogens is 430 g/mol. The average molecular weight is 460 g/mol. The first-order valence-electron chi connectivity index (χ1n) is 10.2. The number of methoxy groups -OCH3 is 1. The van der Waals surface area contributed by atoms with E-state index < -0.39 is 6.04 Å². The molecule has 3 N–H and O–H groups in total. The SMILES string of the molecule is COc1ccc(C(=O)NCCNC(=O)C(CCSC)NC(=O)COc2ccccc2)cc1. The Labute approximate surface area is 192 Å². The standard InChI is InChI=1S/C23H29N3O5S/c1-30-18-10-8-17(9-11-18)22(28)24-13-14-25-23(29)20(12-15-32-2)26-21(27)16-31-19-6-4-3-5-7-19/h3-11,20H,12-16H2,1-2H3,(H,24,28)(H,25,29)(H,26,27). The van der Waals surface area contributed by atoms with Gasteiger partial charge < -0.3 is 25.4 Å². The van der Waals surface area contributed by atoms with E-state index in [4.69, 9.17) is 9.47 Å². The molecule has 8 nitrogen and oxygen atoms in total. The summed E-state index contributed by atoms with van der Waals surface area (Å²) in [4.78, 5) is 36.9. The van der Waals surface area contributed by atoms with E-state index in [1.807, 2.05) is 24.5 Å². The Morgan fingerprint density at radius 1 is 0.938 bits per heavy atom. The lowest BCUT2D eigenvalue weighted by Crippen LogP contribution is -2.49. The zero-order chi connectivity index (χ0) is 23.2. The molecule has 0 aromatic heterocycles. The van der Waals surface area contributed by atoms with Gasteiger partial charge in [0, 0.05) is 18.7 Å². The van der Waals surface area contributed by atoms with Crippen LogP contribution < -0.4 is 25.4 Å². The molecule has 32 heavy (non-hydrogen) atoms. The zero-order valence-corrected chi connectivity index (χ0v) is 19.1. The maximum atomic E-state index is 12.5. The first-order valence-corrected chi connectivity index (χ1v) is 11.6. The summed E-state index contributed by atoms with van der Waals surface area (Å²) in [5, 5.41) is 8.22. The van der Waals surface area contributed by atoms with Crippen LogP contribution >= 0.6 is 11.8 Å². The number of amides is 3. The van der Waals surface area contributed by atoms with E-state index in [0.717, 1.165) is 0 Å². The largest absolute Gasteiger partial charge is 0.497 e. The van der Waals surface area contributed by atoms with Gasteiger partial charge in [0.15, 0.2) is 6.61 Å². The second-order valence-corrected chi connectivity index (χ2v) is 7.76. The van der Waals surface area contributed by atoms with Crippen molar-refractivity contribution in [2.75, 3.05) is 38.8 Å². The molecule has 172 valence electrons. The first-order chi connectivity index (χ1) is 15.5. The van der Waals surface area contributed by atoms with E-state index in [2.05, 4.69) is 16.0 Å². The van der Waals surface area contributed by atoms with Crippen LogP contribution in [0.15, 0.2) is 54.6 Å². The lowest BCUT2D eigenvalue weighted by Gasteiger charge is -2.18. The topological polar surface area (TPSA) is 106 Å². The van der Waals surface area contributed by atoms with Gasteiger partial charge in [-0.2, -0.15) is 11.8 Å². The minimum Gasteiger partial charge on any atom is -0.497 e. The lowest BCUT2D eigenvalue weighted by molar-refractivity contribution is -0.130. The Balaban J connectivity index is 1.75. The fraction of sp³-hybridized carbons (Fsp3) is 0.348. The number of hydrogen-bond donors (Lipinski definition) is 3. The summed E-state index contributed by atoms with van der Waals surface area (Å²) in [6, 6.07) is 15.1. The van der Waals surface area contributed by atoms with E-state index in [-0.39, 0.29) is 37.4 Å². The van der Waals surface area contributed by atoms with Crippen molar-refractivity contribution in [2.24, 2.45) is 0 Å². The number of carbonyl (C=O) groups is 3. The number of thioether (sulfide) groups is 1. The van der Waals surface area contributed by atoms with Gasteiger partial charge in [-0.15, -0.1) is 0 Å². The van der Waals surface area contributed by atoms with E-state index in [1.54, 1.807) is 55.3 Å². The molecule has 0 radical (unpaired) electrons. The number of rotatable bonds is 13. The molecule has 0 aliphatic heterocycles. The van der Waals surface area contributed by atoms with Gasteiger partial charge in [0.25, 0.3) is 11.8 Å². The van der Waals surface area contributed by atoms with E-state index in [1.165, 1.54) is 0 Å². The molecule has 3 amide bonds. The van der Waals surface area contributed by atoms with Crippen molar-refractivity contribution in [1.82, 2.24) is 16.0 Å². The van der Waals surface area contributed by atoms with Crippen molar-refractivity contribution < 1.29 is 23.9 Å². The number of hydrogen-bond acceptors (Lipinski definition) is 6. The highest BCUT2D eigenvalue weighted by molar-refractivity contribution is 7.98. The maximum absolute atomic E-state index is 12.5. The first kappa shape index (κ1) is 25.1. The normalized spacial score (nSPS) is 11.2. The molecule has 0 spiro atoms. The predicted octanol–water partition coefficient (Wildman–Crippen LogP) is 1.86. The highest BCUT2D eigenvalue weighted by Gasteiger charge is 2.20. The monoisotopic (exact) mass is 459 g/mol. The number of carbonyl (C=O) groups excluding carboxylic acids is 3. The maximum Gasteiger partial charge on any atom is 0.258 e. The van der Waals surface area contributed by atoms with Crippen LogP contribution in [0.5, 0.6) is 11.5 Å². The highest BCUT2D eigenvalue weighted by Crippen LogP contribution is 2.11. The Morgan fingerprint density at radius 2 is 1.62 bits per heavy atom. The summed E-state index contributed by atoms with van der Waals surface area (Å²) in [7, 11) is 1.56. The van der Waals surface area contributed by atoms with Crippen LogP contribution in [0.3, 0.4) is 0 Å². The third-order valence-corrected chi connectivity index (χ3v) is 5.08. The Morgan fingerprint density at radius 3 is 2.28 bits per heavy atom. The Hall–Kier alpha value is -3.20. The van der Waals surface area contributed by atoms with Crippen LogP contribution in [0.1, 0.15) is 16.8 Å². The van der Waals surface area contributed by atoms with Crippen LogP contribution in [0.2, 0.25) is 0 Å². The summed E-state index contributed by atoms with van der Waals surface area (Å²) in [6.07, 6.45) is 2.42. The van der Waals surface area contributed by atoms with Crippen LogP contribution in [0.25, 0.3) is 0 Å². The summed E-state index contributed by atoms with van der Waals surface area (Å²) in [5.41, 5.74) is 0.501. The van der Waals surface area contributed by atoms with Crippen molar-refractivity contribution in [2.45, 2.75) is 12.5 Å². The summed E-state index contributed by atoms with van der Waals surface area (Å²) in [5.74, 6) is 1.05. The highest BCUT2D eigenvalue weighted by atomic mass is 32.2. The molecule has 2 aromatic rings. The van der Waals surface area contributed by atoms with Crippen molar-refractivity contribution >= 4 is 29.5 Å². The number of para-hydroxylation sites is 1. The molecule has 2 aromatic carbocycles. The van der Waals surface area contributed by atoms with Crippen molar-refractivity contribution in [1.29, 1.82) is 0 Å². The molecular formula is C23H29N3O5S. The lowest BCUT2D eigenvalue weighted by atomic mass is 10.2. The Kier molecular flexibility index (Phi) is 10.9. The van der Waals surface area contributed by atoms with Gasteiger partial charge in [0.05, 0.1) is 7.11 Å². The molecule has 2 rings (SSSR count). The minimum absolute atomic E-state index is 0.176. The number of ether oxygens (including phenoxy) is 2. The molecule has 9 heteroatoms. The van der Waals surface area contributed by atoms with Gasteiger partial charge in [-0.05, 0) is 54.8 Å². The fourth-order valence-corrected chi connectivity index (χ4v) is 3.21. The molecule has 0 aliphatic carbocycles. The van der Waals surface area contributed by atoms with Crippen LogP contribution in [0.4, 0.5) is 0 Å². The zero-order valence-electron chi connectivity index (χ0n) is 18.3. The Bertz CT molecular complexity index is 862. The number of nitrogens with one attached hydrogen (secondary N) is 3. The van der Waals surface area contributed by atoms with Crippen LogP contribution in [0, 0.1) is 0 Å². The number of benzene rings is 2. The molecule has 0 bridgehead atoms. The molecule has 1 unspecified atom stereocenters. The van der Waals surface area contributed by atoms with Gasteiger partial charge in [0.2, 0.25) is 5.91 Å². The van der Waals surface area contributed by atoms with Gasteiger partial charge in [-0.25, -0.2) is 0 Å². The fourth-order valence-electron chi connectivity index (χ4n) is 2.74. The van der Waals surface area contributed by atoms with E-state index >= 15 is 0 Å². The molecule has 1 atom stereocenters. The van der Waals surface area contributed by atoms with Crippen LogP contribution in [-0.2, 0) is 9.59 Å². The van der Waals surface area contributed by atoms with Gasteiger partial charge >= 0.3 is 0 Å². The summed E-state index contributed by atoms with van der Waals surface area (Å²) >= 11 is 1.59. The third kappa shape index (κ3) is 8.89. The predicted molar refractivity (Wildman–Crippen MR) is 125 cm³/mol. The second-order valence-electron chi connectivity index (χ2n) is 6.78. The van der Waals surface area contributed by atoms with Gasteiger partial charge in [0.1, 0.15) is 17.5 Å². The van der Waals surface area contributed by atoms with Gasteiger partial charge in [-0.3, -0.25) is 14.4 Å². The smallest absolute Gasteiger partial charge is 0.258 e. The molecule has 0 saturated carbocycles. The van der Waals surface area contributed by atoms with Crippen LogP contribution in [-0.4, -0.2) is 62.6 Å². The molecule has 0 saturated heterocycles. The minimum atomic E-state index is -0.674. The molecule has 0 fully saturated rings. The van der Waals surface area contributed by atoms with Crippen molar-refractivity contribution in [3.05, 3.63) is 60.2 Å². The van der Waals surface area contributed by atoms with Crippen molar-refractivity contribution in [3.8, 4) is 11.5 Å².